The van der Waals surface area contributed by atoms with E-state index in [0.717, 1.165) is 0 Å². The first-order chi connectivity index (χ1) is 3.46. The molecular formula is C10H24W3-4. The SMILES string of the molecule is C[C-](C)C.C[C-](C)C.[CH3-].[CH3-].[W].[W].[W]. The zero-order chi connectivity index (χ0) is 7.15. The molecule has 0 amide bonds. The minimum absolute atomic E-state index is 0. The quantitative estimate of drug-likeness (QED) is 0.335. The maximum absolute atomic E-state index is 2.08. The Bertz CT molecular complexity index is 25.6. The van der Waals surface area contributed by atoms with E-state index >= 15 is 0 Å². The molecule has 0 saturated heterocycles. The van der Waals surface area contributed by atoms with Crippen LogP contribution in [0.25, 0.3) is 0 Å². The minimum atomic E-state index is 0. The van der Waals surface area contributed by atoms with Gasteiger partial charge >= 0.3 is 0 Å². The third kappa shape index (κ3) is 480. The van der Waals surface area contributed by atoms with E-state index in [2.05, 4.69) is 41.5 Å². The van der Waals surface area contributed by atoms with E-state index in [1.165, 1.54) is 11.8 Å². The molecule has 0 fully saturated rings. The summed E-state index contributed by atoms with van der Waals surface area (Å²) in [6, 6.07) is 0. The molecule has 0 aliphatic heterocycles. The van der Waals surface area contributed by atoms with Crippen LogP contribution in [0.15, 0.2) is 0 Å². The first-order valence-electron chi connectivity index (χ1n) is 3.00. The van der Waals surface area contributed by atoms with Crippen LogP contribution in [0.5, 0.6) is 0 Å². The van der Waals surface area contributed by atoms with Gasteiger partial charge in [-0.15, -0.1) is 0 Å². The maximum atomic E-state index is 2.08. The molecule has 0 atom stereocenters. The summed E-state index contributed by atoms with van der Waals surface area (Å²) in [5.41, 5.74) is 0. The fourth-order valence-corrected chi connectivity index (χ4v) is 0. The molecule has 0 spiro atoms. The standard InChI is InChI=1S/2C4H9.2CH3.3W/c2*1-4(2)3;;;;;/h2*1-3H3;2*1H3;;;/q4*-1;;;. The van der Waals surface area contributed by atoms with Crippen LogP contribution in [0.3, 0.4) is 0 Å². The second-order valence-electron chi connectivity index (χ2n) is 3.00. The molecule has 0 aliphatic carbocycles. The summed E-state index contributed by atoms with van der Waals surface area (Å²) in [5.74, 6) is 2.83. The van der Waals surface area contributed by atoms with Crippen LogP contribution in [0.2, 0.25) is 0 Å². The Morgan fingerprint density at radius 1 is 0.462 bits per heavy atom. The molecule has 0 nitrogen and oxygen atoms in total. The molecule has 0 saturated carbocycles. The van der Waals surface area contributed by atoms with Crippen LogP contribution in [0.1, 0.15) is 41.5 Å². The van der Waals surface area contributed by atoms with Crippen molar-refractivity contribution < 1.29 is 63.2 Å². The van der Waals surface area contributed by atoms with E-state index < -0.39 is 0 Å². The maximum Gasteiger partial charge on any atom is 0 e. The van der Waals surface area contributed by atoms with Crippen molar-refractivity contribution in [3.63, 3.8) is 0 Å². The van der Waals surface area contributed by atoms with Crippen LogP contribution in [-0.4, -0.2) is 0 Å². The Balaban J connectivity index is -0.00000000800. The Kier molecular flexibility index (Phi) is 130. The Labute approximate surface area is 130 Å². The number of hydrogen-bond acceptors (Lipinski definition) is 0. The molecule has 0 heterocycles. The summed E-state index contributed by atoms with van der Waals surface area (Å²) in [6.07, 6.45) is 0. The zero-order valence-corrected chi connectivity index (χ0v) is 19.0. The minimum Gasteiger partial charge on any atom is -0.358 e. The van der Waals surface area contributed by atoms with Crippen molar-refractivity contribution in [3.05, 3.63) is 26.7 Å². The second kappa shape index (κ2) is 36.9. The molecule has 0 rings (SSSR count). The van der Waals surface area contributed by atoms with Gasteiger partial charge < -0.3 is 26.7 Å². The molecule has 3 heteroatoms. The van der Waals surface area contributed by atoms with Crippen LogP contribution in [0.4, 0.5) is 0 Å². The first kappa shape index (κ1) is 45.8. The predicted octanol–water partition coefficient (Wildman–Crippen LogP) is 4.13. The van der Waals surface area contributed by atoms with Crippen LogP contribution >= 0.6 is 0 Å². The Hall–Kier alpha value is 2.06. The molecule has 0 aromatic heterocycles. The third-order valence-corrected chi connectivity index (χ3v) is 0. The third-order valence-electron chi connectivity index (χ3n) is 0. The molecule has 86 valence electrons. The summed E-state index contributed by atoms with van der Waals surface area (Å²) in [6.45, 7) is 12.5. The summed E-state index contributed by atoms with van der Waals surface area (Å²) in [5, 5.41) is 0. The van der Waals surface area contributed by atoms with Crippen LogP contribution in [-0.2, 0) is 63.2 Å². The molecule has 0 aromatic carbocycles. The Morgan fingerprint density at radius 3 is 0.462 bits per heavy atom. The Morgan fingerprint density at radius 2 is 0.462 bits per heavy atom. The number of hydrogen-bond donors (Lipinski definition) is 0. The molecule has 13 heavy (non-hydrogen) atoms. The predicted molar refractivity (Wildman–Crippen MR) is 53.4 cm³/mol. The molecule has 0 aliphatic rings. The van der Waals surface area contributed by atoms with E-state index in [-0.39, 0.29) is 78.0 Å². The fraction of sp³-hybridized carbons (Fsp3) is 0.600. The molecule has 0 unspecified atom stereocenters. The molecular weight excluding hydrogens is 672 g/mol. The normalized spacial score (nSPS) is 5.54. The van der Waals surface area contributed by atoms with Crippen molar-refractivity contribution in [2.45, 2.75) is 41.5 Å². The average molecular weight is 696 g/mol. The van der Waals surface area contributed by atoms with E-state index in [0.29, 0.717) is 0 Å². The van der Waals surface area contributed by atoms with Gasteiger partial charge in [0.2, 0.25) is 0 Å². The van der Waals surface area contributed by atoms with E-state index in [4.69, 9.17) is 0 Å². The van der Waals surface area contributed by atoms with Crippen LogP contribution in [0, 0.1) is 26.7 Å². The van der Waals surface area contributed by atoms with E-state index in [9.17, 15) is 0 Å². The fourth-order valence-electron chi connectivity index (χ4n) is 0. The van der Waals surface area contributed by atoms with Gasteiger partial charge in [0.1, 0.15) is 0 Å². The van der Waals surface area contributed by atoms with Gasteiger partial charge in [-0.2, -0.15) is 41.5 Å². The molecule has 0 aromatic rings. The van der Waals surface area contributed by atoms with Gasteiger partial charge in [-0.3, -0.25) is 0 Å². The topological polar surface area (TPSA) is 0 Å². The summed E-state index contributed by atoms with van der Waals surface area (Å²) >= 11 is 0. The van der Waals surface area contributed by atoms with Gasteiger partial charge in [0.05, 0.1) is 0 Å². The summed E-state index contributed by atoms with van der Waals surface area (Å²) in [4.78, 5) is 0. The molecule has 0 bridgehead atoms. The van der Waals surface area contributed by atoms with Gasteiger partial charge in [-0.25, -0.2) is 0 Å². The largest absolute Gasteiger partial charge is 0.358 e. The average Bonchev–Trinajstić information content (AvgIpc) is 1.25. The summed E-state index contributed by atoms with van der Waals surface area (Å²) in [7, 11) is 0. The van der Waals surface area contributed by atoms with E-state index in [1.807, 2.05) is 0 Å². The van der Waals surface area contributed by atoms with Crippen molar-refractivity contribution in [3.8, 4) is 0 Å². The molecule has 0 N–H and O–H groups in total. The van der Waals surface area contributed by atoms with Crippen molar-refractivity contribution >= 4 is 0 Å². The number of rotatable bonds is 0. The smallest absolute Gasteiger partial charge is 0 e. The van der Waals surface area contributed by atoms with Crippen LogP contribution < -0.4 is 0 Å². The second-order valence-corrected chi connectivity index (χ2v) is 3.00. The van der Waals surface area contributed by atoms with Crippen molar-refractivity contribution in [1.82, 2.24) is 0 Å². The summed E-state index contributed by atoms with van der Waals surface area (Å²) < 4.78 is 0. The van der Waals surface area contributed by atoms with Gasteiger partial charge in [0.15, 0.2) is 0 Å². The van der Waals surface area contributed by atoms with E-state index in [1.54, 1.807) is 0 Å². The monoisotopic (exact) mass is 696 g/mol. The van der Waals surface area contributed by atoms with Crippen molar-refractivity contribution in [2.24, 2.45) is 0 Å². The van der Waals surface area contributed by atoms with Gasteiger partial charge in [-0.1, -0.05) is 0 Å². The van der Waals surface area contributed by atoms with Gasteiger partial charge in [0.25, 0.3) is 0 Å². The van der Waals surface area contributed by atoms with Gasteiger partial charge in [-0.05, 0) is 0 Å². The van der Waals surface area contributed by atoms with Gasteiger partial charge in [0, 0.05) is 63.2 Å². The van der Waals surface area contributed by atoms with Crippen molar-refractivity contribution in [2.75, 3.05) is 0 Å². The zero-order valence-electron chi connectivity index (χ0n) is 10.2. The van der Waals surface area contributed by atoms with Crippen molar-refractivity contribution in [1.29, 1.82) is 0 Å². The first-order valence-corrected chi connectivity index (χ1v) is 3.00. The molecule has 0 radical (unpaired) electrons.